The minimum Gasteiger partial charge on any atom is -0.393 e. The molecule has 0 aliphatic heterocycles. The number of halogens is 1. The molecule has 9 heteroatoms. The van der Waals surface area contributed by atoms with Gasteiger partial charge in [-0.25, -0.2) is 9.24 Å². The Kier molecular flexibility index (Phi) is 6.70. The number of Topliss-reactive ketones (excluding diaryl/α,β-unsaturated/α-hetero) is 1. The van der Waals surface area contributed by atoms with Gasteiger partial charge < -0.3 is 20.3 Å². The van der Waals surface area contributed by atoms with Crippen LogP contribution in [0.5, 0.6) is 0 Å². The molecule has 1 aliphatic rings. The van der Waals surface area contributed by atoms with E-state index in [0.717, 1.165) is 6.07 Å². The number of hydrogen-bond acceptors (Lipinski definition) is 4. The predicted molar refractivity (Wildman–Crippen MR) is 121 cm³/mol. The lowest BCUT2D eigenvalue weighted by molar-refractivity contribution is -0.119. The highest BCUT2D eigenvalue weighted by Crippen LogP contribution is 2.29. The molecule has 0 bridgehead atoms. The molecule has 1 saturated carbocycles. The maximum atomic E-state index is 13.6. The van der Waals surface area contributed by atoms with Crippen molar-refractivity contribution in [1.82, 2.24) is 9.88 Å². The highest BCUT2D eigenvalue weighted by molar-refractivity contribution is 6.43. The van der Waals surface area contributed by atoms with Gasteiger partial charge in [-0.3, -0.25) is 14.4 Å². The first-order chi connectivity index (χ1) is 15.5. The van der Waals surface area contributed by atoms with Crippen LogP contribution >= 0.6 is 0 Å². The van der Waals surface area contributed by atoms with Crippen LogP contribution in [0, 0.1) is 26.2 Å². The molecule has 2 aromatic rings. The number of nitrogens with zero attached hydrogens (tertiary/aromatic N) is 2. The Morgan fingerprint density at radius 1 is 1.24 bits per heavy atom. The number of nitrogens with one attached hydrogen (secondary N) is 2. The topological polar surface area (TPSA) is 105 Å². The maximum absolute atomic E-state index is 13.6. The zero-order valence-corrected chi connectivity index (χ0v) is 19.1. The lowest BCUT2D eigenvalue weighted by Crippen LogP contribution is -2.51. The summed E-state index contributed by atoms with van der Waals surface area (Å²) in [6.07, 6.45) is 1.84. The first kappa shape index (κ1) is 24.1. The third-order valence-electron chi connectivity index (χ3n) is 6.38. The molecule has 1 aromatic heterocycles. The summed E-state index contributed by atoms with van der Waals surface area (Å²) in [5.41, 5.74) is 0.623. The van der Waals surface area contributed by atoms with E-state index in [1.165, 1.54) is 16.7 Å². The van der Waals surface area contributed by atoms with Crippen LogP contribution in [0.1, 0.15) is 64.7 Å². The Bertz CT molecular complexity index is 1170. The van der Waals surface area contributed by atoms with Gasteiger partial charge in [0.25, 0.3) is 17.6 Å². The number of aromatic nitrogens is 1. The van der Waals surface area contributed by atoms with E-state index in [9.17, 15) is 23.9 Å². The number of ketones is 1. The Morgan fingerprint density at radius 3 is 2.48 bits per heavy atom. The van der Waals surface area contributed by atoms with Gasteiger partial charge >= 0.3 is 0 Å². The molecule has 0 radical (unpaired) electrons. The molecule has 8 nitrogen and oxygen atoms in total. The number of amides is 2. The Balaban J connectivity index is 1.84. The highest BCUT2D eigenvalue weighted by Gasteiger charge is 2.35. The summed E-state index contributed by atoms with van der Waals surface area (Å²) < 4.78 is 15.1. The molecule has 1 heterocycles. The van der Waals surface area contributed by atoms with Crippen LogP contribution in [0.25, 0.3) is 4.85 Å². The quantitative estimate of drug-likeness (QED) is 0.365. The Labute approximate surface area is 191 Å². The van der Waals surface area contributed by atoms with Crippen LogP contribution < -0.4 is 10.6 Å². The second kappa shape index (κ2) is 9.16. The van der Waals surface area contributed by atoms with Gasteiger partial charge in [0.15, 0.2) is 0 Å². The van der Waals surface area contributed by atoms with Crippen molar-refractivity contribution in [2.75, 3.05) is 5.32 Å². The summed E-state index contributed by atoms with van der Waals surface area (Å²) in [6, 6.07) is 3.67. The van der Waals surface area contributed by atoms with Crippen LogP contribution in [0.15, 0.2) is 18.2 Å². The molecule has 0 saturated heterocycles. The van der Waals surface area contributed by atoms with Gasteiger partial charge in [-0.2, -0.15) is 0 Å². The fourth-order valence-corrected chi connectivity index (χ4v) is 4.31. The van der Waals surface area contributed by atoms with Gasteiger partial charge in [-0.1, -0.05) is 0 Å². The van der Waals surface area contributed by atoms with E-state index in [-0.39, 0.29) is 22.6 Å². The minimum atomic E-state index is -0.759. The van der Waals surface area contributed by atoms with Gasteiger partial charge in [0.05, 0.1) is 23.9 Å². The normalized spacial score (nSPS) is 20.1. The lowest BCUT2D eigenvalue weighted by atomic mass is 9.82. The average Bonchev–Trinajstić information content (AvgIpc) is 2.99. The molecule has 0 atom stereocenters. The molecule has 0 unspecified atom stereocenters. The Morgan fingerprint density at radius 2 is 1.88 bits per heavy atom. The molecule has 3 N–H and O–H groups in total. The van der Waals surface area contributed by atoms with E-state index in [4.69, 9.17) is 6.57 Å². The standard InChI is InChI=1S/C24H27FN4O4/c1-13-19(22(32)27-15-6-7-17(25)18(12-15)26-4)14(2)29(5)20(13)21(31)23(33)28-24(3)10-8-16(30)9-11-24/h6-7,12,16,30H,8-11H2,1-3,5H3,(H,27,32)(H,28,33). The molecular weight excluding hydrogens is 427 g/mol. The molecule has 3 rings (SSSR count). The number of carbonyl (C=O) groups is 3. The first-order valence-electron chi connectivity index (χ1n) is 10.7. The number of rotatable bonds is 5. The summed E-state index contributed by atoms with van der Waals surface area (Å²) >= 11 is 0. The summed E-state index contributed by atoms with van der Waals surface area (Å²) in [7, 11) is 1.60. The van der Waals surface area contributed by atoms with Crippen molar-refractivity contribution in [3.8, 4) is 0 Å². The van der Waals surface area contributed by atoms with Gasteiger partial charge in [0.1, 0.15) is 5.82 Å². The zero-order valence-electron chi connectivity index (χ0n) is 19.1. The van der Waals surface area contributed by atoms with E-state index >= 15 is 0 Å². The fraction of sp³-hybridized carbons (Fsp3) is 0.417. The van der Waals surface area contributed by atoms with Crippen molar-refractivity contribution in [3.05, 3.63) is 57.9 Å². The molecule has 33 heavy (non-hydrogen) atoms. The summed E-state index contributed by atoms with van der Waals surface area (Å²) in [5, 5.41) is 15.2. The van der Waals surface area contributed by atoms with Crippen LogP contribution in [-0.2, 0) is 11.8 Å². The van der Waals surface area contributed by atoms with Crippen molar-refractivity contribution < 1.29 is 23.9 Å². The van der Waals surface area contributed by atoms with E-state index < -0.39 is 35.1 Å². The lowest BCUT2D eigenvalue weighted by Gasteiger charge is -2.36. The second-order valence-corrected chi connectivity index (χ2v) is 8.80. The van der Waals surface area contributed by atoms with Gasteiger partial charge in [0.2, 0.25) is 5.69 Å². The molecule has 1 fully saturated rings. The molecule has 1 aliphatic carbocycles. The van der Waals surface area contributed by atoms with E-state index in [2.05, 4.69) is 15.5 Å². The summed E-state index contributed by atoms with van der Waals surface area (Å²) in [4.78, 5) is 41.9. The number of carbonyl (C=O) groups excluding carboxylic acids is 3. The highest BCUT2D eigenvalue weighted by atomic mass is 19.1. The summed E-state index contributed by atoms with van der Waals surface area (Å²) in [5.74, 6) is -2.72. The van der Waals surface area contributed by atoms with E-state index in [1.807, 2.05) is 6.92 Å². The third-order valence-corrected chi connectivity index (χ3v) is 6.38. The average molecular weight is 455 g/mol. The van der Waals surface area contributed by atoms with Crippen molar-refractivity contribution in [1.29, 1.82) is 0 Å². The summed E-state index contributed by atoms with van der Waals surface area (Å²) in [6.45, 7) is 12.1. The van der Waals surface area contributed by atoms with Crippen molar-refractivity contribution in [2.24, 2.45) is 7.05 Å². The fourth-order valence-electron chi connectivity index (χ4n) is 4.31. The predicted octanol–water partition coefficient (Wildman–Crippen LogP) is 3.58. The zero-order chi connectivity index (χ0) is 24.5. The molecular formula is C24H27FN4O4. The number of benzene rings is 1. The largest absolute Gasteiger partial charge is 0.393 e. The smallest absolute Gasteiger partial charge is 0.294 e. The van der Waals surface area contributed by atoms with Crippen molar-refractivity contribution in [2.45, 2.75) is 58.1 Å². The van der Waals surface area contributed by atoms with Crippen molar-refractivity contribution >= 4 is 29.0 Å². The monoisotopic (exact) mass is 454 g/mol. The van der Waals surface area contributed by atoms with Crippen LogP contribution in [-0.4, -0.2) is 38.9 Å². The van der Waals surface area contributed by atoms with E-state index in [0.29, 0.717) is 36.9 Å². The number of aliphatic hydroxyl groups excluding tert-OH is 1. The minimum absolute atomic E-state index is 0.107. The number of aliphatic hydroxyl groups is 1. The number of anilines is 1. The van der Waals surface area contributed by atoms with Crippen LogP contribution in [0.4, 0.5) is 15.8 Å². The second-order valence-electron chi connectivity index (χ2n) is 8.80. The van der Waals surface area contributed by atoms with E-state index in [1.54, 1.807) is 20.9 Å². The SMILES string of the molecule is [C-]#[N+]c1cc(NC(=O)c2c(C)c(C(=O)C(=O)NC3(C)CCC(O)CC3)n(C)c2C)ccc1F. The van der Waals surface area contributed by atoms with Crippen LogP contribution in [0.2, 0.25) is 0 Å². The molecule has 2 amide bonds. The maximum Gasteiger partial charge on any atom is 0.294 e. The molecule has 174 valence electrons. The van der Waals surface area contributed by atoms with Gasteiger partial charge in [0, 0.05) is 24.0 Å². The van der Waals surface area contributed by atoms with Gasteiger partial charge in [-0.15, -0.1) is 0 Å². The van der Waals surface area contributed by atoms with Crippen LogP contribution in [0.3, 0.4) is 0 Å². The molecule has 0 spiro atoms. The number of hydrogen-bond donors (Lipinski definition) is 3. The molecule has 1 aromatic carbocycles. The first-order valence-corrected chi connectivity index (χ1v) is 10.7. The third kappa shape index (κ3) is 4.81. The van der Waals surface area contributed by atoms with Crippen molar-refractivity contribution in [3.63, 3.8) is 0 Å². The van der Waals surface area contributed by atoms with Gasteiger partial charge in [-0.05, 0) is 70.2 Å². The Hall–Kier alpha value is -3.51.